The van der Waals surface area contributed by atoms with Crippen molar-refractivity contribution in [2.45, 2.75) is 25.8 Å². The summed E-state index contributed by atoms with van der Waals surface area (Å²) in [4.78, 5) is 19.3. The molecule has 3 aromatic rings. The molecule has 1 saturated heterocycles. The Kier molecular flexibility index (Phi) is 4.71. The number of ether oxygens (including phenoxy) is 1. The molecule has 26 heavy (non-hydrogen) atoms. The number of rotatable bonds is 6. The standard InChI is InChI=1S/C21H23N3O2/c1-2-26-13-12-23-19-11-7-6-10-18(19)22-21(23)16-14-20(25)24(15-16)17-8-4-3-5-9-17/h3-11,16H,2,12-15H2,1H3/t16-/m1/s1. The van der Waals surface area contributed by atoms with E-state index in [1.807, 2.05) is 60.4 Å². The van der Waals surface area contributed by atoms with Crippen molar-refractivity contribution in [3.63, 3.8) is 0 Å². The van der Waals surface area contributed by atoms with Gasteiger partial charge in [-0.1, -0.05) is 30.3 Å². The summed E-state index contributed by atoms with van der Waals surface area (Å²) >= 11 is 0. The number of carbonyl (C=O) groups is 1. The maximum atomic E-state index is 12.6. The van der Waals surface area contributed by atoms with Gasteiger partial charge in [0.2, 0.25) is 5.91 Å². The highest BCUT2D eigenvalue weighted by Crippen LogP contribution is 2.33. The Labute approximate surface area is 153 Å². The highest BCUT2D eigenvalue weighted by Gasteiger charge is 2.34. The molecule has 2 heterocycles. The summed E-state index contributed by atoms with van der Waals surface area (Å²) in [6, 6.07) is 18.0. The van der Waals surface area contributed by atoms with Gasteiger partial charge in [0.05, 0.1) is 17.6 Å². The largest absolute Gasteiger partial charge is 0.380 e. The van der Waals surface area contributed by atoms with Crippen LogP contribution in [0.25, 0.3) is 11.0 Å². The van der Waals surface area contributed by atoms with E-state index in [2.05, 4.69) is 10.6 Å². The number of hydrogen-bond donors (Lipinski definition) is 0. The summed E-state index contributed by atoms with van der Waals surface area (Å²) in [5.74, 6) is 1.24. The third kappa shape index (κ3) is 3.10. The van der Waals surface area contributed by atoms with Crippen LogP contribution in [0.15, 0.2) is 54.6 Å². The van der Waals surface area contributed by atoms with Crippen molar-refractivity contribution >= 4 is 22.6 Å². The van der Waals surface area contributed by atoms with E-state index in [0.717, 1.165) is 29.1 Å². The molecule has 0 spiro atoms. The van der Waals surface area contributed by atoms with Crippen molar-refractivity contribution in [1.82, 2.24) is 9.55 Å². The van der Waals surface area contributed by atoms with E-state index >= 15 is 0 Å². The molecule has 4 rings (SSSR count). The van der Waals surface area contributed by atoms with E-state index in [0.29, 0.717) is 26.2 Å². The number of imidazole rings is 1. The van der Waals surface area contributed by atoms with Crippen LogP contribution in [0.4, 0.5) is 5.69 Å². The first-order valence-electron chi connectivity index (χ1n) is 9.16. The predicted molar refractivity (Wildman–Crippen MR) is 102 cm³/mol. The van der Waals surface area contributed by atoms with Gasteiger partial charge < -0.3 is 14.2 Å². The predicted octanol–water partition coefficient (Wildman–Crippen LogP) is 3.59. The van der Waals surface area contributed by atoms with Crippen molar-refractivity contribution in [3.8, 4) is 0 Å². The molecule has 5 heteroatoms. The molecule has 1 atom stereocenters. The fourth-order valence-corrected chi connectivity index (χ4v) is 3.68. The van der Waals surface area contributed by atoms with Crippen LogP contribution in [0.3, 0.4) is 0 Å². The summed E-state index contributed by atoms with van der Waals surface area (Å²) in [7, 11) is 0. The van der Waals surface area contributed by atoms with Gasteiger partial charge in [0.1, 0.15) is 5.82 Å². The zero-order valence-electron chi connectivity index (χ0n) is 15.0. The van der Waals surface area contributed by atoms with Gasteiger partial charge in [-0.2, -0.15) is 0 Å². The normalized spacial score (nSPS) is 17.3. The molecule has 134 valence electrons. The van der Waals surface area contributed by atoms with E-state index in [9.17, 15) is 4.79 Å². The van der Waals surface area contributed by atoms with Crippen molar-refractivity contribution in [2.75, 3.05) is 24.7 Å². The van der Waals surface area contributed by atoms with Crippen LogP contribution in [-0.2, 0) is 16.1 Å². The van der Waals surface area contributed by atoms with Gasteiger partial charge in [-0.3, -0.25) is 4.79 Å². The molecule has 1 fully saturated rings. The molecule has 5 nitrogen and oxygen atoms in total. The van der Waals surface area contributed by atoms with Crippen LogP contribution in [0.5, 0.6) is 0 Å². The van der Waals surface area contributed by atoms with Crippen LogP contribution in [0.2, 0.25) is 0 Å². The summed E-state index contributed by atoms with van der Waals surface area (Å²) in [6.45, 7) is 4.76. The Hall–Kier alpha value is -2.66. The summed E-state index contributed by atoms with van der Waals surface area (Å²) in [5, 5.41) is 0. The second-order valence-electron chi connectivity index (χ2n) is 6.55. The lowest BCUT2D eigenvalue weighted by Gasteiger charge is -2.17. The third-order valence-electron chi connectivity index (χ3n) is 4.91. The van der Waals surface area contributed by atoms with Crippen LogP contribution in [0, 0.1) is 0 Å². The molecule has 0 unspecified atom stereocenters. The maximum Gasteiger partial charge on any atom is 0.227 e. The third-order valence-corrected chi connectivity index (χ3v) is 4.91. The zero-order chi connectivity index (χ0) is 17.9. The summed E-state index contributed by atoms with van der Waals surface area (Å²) in [6.07, 6.45) is 0.493. The summed E-state index contributed by atoms with van der Waals surface area (Å²) < 4.78 is 7.78. The number of nitrogens with zero attached hydrogens (tertiary/aromatic N) is 3. The zero-order valence-corrected chi connectivity index (χ0v) is 15.0. The number of hydrogen-bond acceptors (Lipinski definition) is 3. The lowest BCUT2D eigenvalue weighted by Crippen LogP contribution is -2.24. The molecule has 1 amide bonds. The highest BCUT2D eigenvalue weighted by atomic mass is 16.5. The summed E-state index contributed by atoms with van der Waals surface area (Å²) in [5.41, 5.74) is 3.04. The van der Waals surface area contributed by atoms with Gasteiger partial charge >= 0.3 is 0 Å². The Morgan fingerprint density at radius 1 is 1.12 bits per heavy atom. The number of para-hydroxylation sites is 3. The molecule has 0 N–H and O–H groups in total. The first-order valence-corrected chi connectivity index (χ1v) is 9.16. The average molecular weight is 349 g/mol. The Morgan fingerprint density at radius 3 is 2.69 bits per heavy atom. The SMILES string of the molecule is CCOCCn1c([C@@H]2CC(=O)N(c3ccccc3)C2)nc2ccccc21. The van der Waals surface area contributed by atoms with E-state index in [-0.39, 0.29) is 11.8 Å². The van der Waals surface area contributed by atoms with E-state index in [4.69, 9.17) is 9.72 Å². The molecule has 0 radical (unpaired) electrons. The minimum atomic E-state index is 0.0942. The Morgan fingerprint density at radius 2 is 1.88 bits per heavy atom. The lowest BCUT2D eigenvalue weighted by atomic mass is 10.1. The number of carbonyl (C=O) groups excluding carboxylic acids is 1. The molecular formula is C21H23N3O2. The van der Waals surface area contributed by atoms with Crippen molar-refractivity contribution in [3.05, 3.63) is 60.4 Å². The molecule has 0 saturated carbocycles. The Bertz CT molecular complexity index is 904. The number of aromatic nitrogens is 2. The molecule has 1 aromatic heterocycles. The van der Waals surface area contributed by atoms with Crippen molar-refractivity contribution < 1.29 is 9.53 Å². The minimum Gasteiger partial charge on any atom is -0.380 e. The number of benzene rings is 2. The maximum absolute atomic E-state index is 12.6. The van der Waals surface area contributed by atoms with Gasteiger partial charge in [0, 0.05) is 37.7 Å². The second kappa shape index (κ2) is 7.30. The fourth-order valence-electron chi connectivity index (χ4n) is 3.68. The quantitative estimate of drug-likeness (QED) is 0.639. The molecule has 0 aliphatic carbocycles. The van der Waals surface area contributed by atoms with Gasteiger partial charge in [-0.25, -0.2) is 4.98 Å². The number of anilines is 1. The molecule has 1 aliphatic heterocycles. The smallest absolute Gasteiger partial charge is 0.227 e. The van der Waals surface area contributed by atoms with E-state index < -0.39 is 0 Å². The van der Waals surface area contributed by atoms with E-state index in [1.54, 1.807) is 0 Å². The van der Waals surface area contributed by atoms with Gasteiger partial charge in [0.15, 0.2) is 0 Å². The monoisotopic (exact) mass is 349 g/mol. The van der Waals surface area contributed by atoms with Crippen LogP contribution < -0.4 is 4.90 Å². The minimum absolute atomic E-state index is 0.0942. The van der Waals surface area contributed by atoms with Crippen molar-refractivity contribution in [1.29, 1.82) is 0 Å². The first-order chi connectivity index (χ1) is 12.8. The molecular weight excluding hydrogens is 326 g/mol. The lowest BCUT2D eigenvalue weighted by molar-refractivity contribution is -0.117. The molecule has 1 aliphatic rings. The van der Waals surface area contributed by atoms with Gasteiger partial charge in [0.25, 0.3) is 0 Å². The van der Waals surface area contributed by atoms with Crippen LogP contribution in [-0.4, -0.2) is 35.2 Å². The number of amides is 1. The second-order valence-corrected chi connectivity index (χ2v) is 6.55. The van der Waals surface area contributed by atoms with Gasteiger partial charge in [-0.05, 0) is 31.2 Å². The topological polar surface area (TPSA) is 47.4 Å². The van der Waals surface area contributed by atoms with Crippen LogP contribution in [0.1, 0.15) is 25.1 Å². The fraction of sp³-hybridized carbons (Fsp3) is 0.333. The average Bonchev–Trinajstić information content (AvgIpc) is 3.23. The van der Waals surface area contributed by atoms with Crippen molar-refractivity contribution in [2.24, 2.45) is 0 Å². The number of fused-ring (bicyclic) bond motifs is 1. The Balaban J connectivity index is 1.66. The molecule has 0 bridgehead atoms. The van der Waals surface area contributed by atoms with Crippen LogP contribution >= 0.6 is 0 Å². The van der Waals surface area contributed by atoms with Gasteiger partial charge in [-0.15, -0.1) is 0 Å². The molecule has 2 aromatic carbocycles. The highest BCUT2D eigenvalue weighted by molar-refractivity contribution is 5.96. The first kappa shape index (κ1) is 16.8. The van der Waals surface area contributed by atoms with E-state index in [1.165, 1.54) is 0 Å².